The Morgan fingerprint density at radius 3 is 2.62 bits per heavy atom. The Kier molecular flexibility index (Phi) is 4.53. The van der Waals surface area contributed by atoms with Gasteiger partial charge in [0.05, 0.1) is 11.4 Å². The number of nitrogens with one attached hydrogen (secondary N) is 1. The predicted molar refractivity (Wildman–Crippen MR) is 78.6 cm³/mol. The van der Waals surface area contributed by atoms with Gasteiger partial charge in [0.25, 0.3) is 0 Å². The van der Waals surface area contributed by atoms with Crippen LogP contribution in [0, 0.1) is 13.8 Å². The van der Waals surface area contributed by atoms with E-state index in [1.165, 1.54) is 4.90 Å². The number of carbonyl (C=O) groups excluding carboxylic acids is 1. The number of sulfonamides is 1. The fourth-order valence-corrected chi connectivity index (χ4v) is 3.25. The minimum absolute atomic E-state index is 0.237. The molecular weight excluding hydrogens is 292 g/mol. The van der Waals surface area contributed by atoms with E-state index < -0.39 is 10.0 Å². The second kappa shape index (κ2) is 6.03. The van der Waals surface area contributed by atoms with Crippen LogP contribution >= 0.6 is 0 Å². The van der Waals surface area contributed by atoms with E-state index >= 15 is 0 Å². The molecule has 1 heterocycles. The maximum absolute atomic E-state index is 12.2. The van der Waals surface area contributed by atoms with Crippen LogP contribution in [0.4, 0.5) is 4.79 Å². The first-order valence-corrected chi connectivity index (χ1v) is 8.26. The van der Waals surface area contributed by atoms with E-state index in [1.54, 1.807) is 25.2 Å². The van der Waals surface area contributed by atoms with Crippen molar-refractivity contribution < 1.29 is 17.9 Å². The van der Waals surface area contributed by atoms with Crippen LogP contribution in [0.25, 0.3) is 0 Å². The molecule has 1 atom stereocenters. The van der Waals surface area contributed by atoms with Gasteiger partial charge in [-0.1, -0.05) is 6.07 Å². The Hall–Kier alpha value is -1.60. The van der Waals surface area contributed by atoms with Crippen molar-refractivity contribution in [2.45, 2.75) is 31.3 Å². The zero-order valence-electron chi connectivity index (χ0n) is 12.4. The standard InChI is InChI=1S/C14H20N2O4S/c1-10-4-5-13(8-11(10)2)21(18,19)15-7-6-12-9-16(3)14(17)20-12/h4-5,8,12,15H,6-7,9H2,1-3H3. The smallest absolute Gasteiger partial charge is 0.409 e. The molecule has 1 aliphatic heterocycles. The molecule has 1 aliphatic rings. The lowest BCUT2D eigenvalue weighted by Gasteiger charge is -2.11. The maximum atomic E-state index is 12.2. The van der Waals surface area contributed by atoms with Gasteiger partial charge < -0.3 is 9.64 Å². The van der Waals surface area contributed by atoms with Crippen molar-refractivity contribution in [3.05, 3.63) is 29.3 Å². The maximum Gasteiger partial charge on any atom is 0.409 e. The number of rotatable bonds is 5. The fraction of sp³-hybridized carbons (Fsp3) is 0.500. The highest BCUT2D eigenvalue weighted by molar-refractivity contribution is 7.89. The quantitative estimate of drug-likeness (QED) is 0.892. The summed E-state index contributed by atoms with van der Waals surface area (Å²) in [5, 5.41) is 0. The van der Waals surface area contributed by atoms with Crippen LogP contribution in [0.1, 0.15) is 17.5 Å². The van der Waals surface area contributed by atoms with Crippen LogP contribution in [0.3, 0.4) is 0 Å². The number of likely N-dealkylation sites (N-methyl/N-ethyl adjacent to an activating group) is 1. The molecule has 7 heteroatoms. The van der Waals surface area contributed by atoms with Crippen LogP contribution in [0.5, 0.6) is 0 Å². The van der Waals surface area contributed by atoms with E-state index in [-0.39, 0.29) is 23.6 Å². The minimum Gasteiger partial charge on any atom is -0.444 e. The zero-order valence-corrected chi connectivity index (χ0v) is 13.2. The topological polar surface area (TPSA) is 75.7 Å². The van der Waals surface area contributed by atoms with Gasteiger partial charge in [0.15, 0.2) is 0 Å². The highest BCUT2D eigenvalue weighted by Gasteiger charge is 2.28. The molecule has 0 radical (unpaired) electrons. The summed E-state index contributed by atoms with van der Waals surface area (Å²) >= 11 is 0. The molecule has 0 bridgehead atoms. The third kappa shape index (κ3) is 3.74. The number of benzene rings is 1. The van der Waals surface area contributed by atoms with Gasteiger partial charge >= 0.3 is 6.09 Å². The first kappa shape index (κ1) is 15.8. The van der Waals surface area contributed by atoms with Crippen molar-refractivity contribution in [1.82, 2.24) is 9.62 Å². The number of hydrogen-bond acceptors (Lipinski definition) is 4. The van der Waals surface area contributed by atoms with Gasteiger partial charge in [-0.05, 0) is 43.5 Å². The third-order valence-electron chi connectivity index (χ3n) is 3.60. The Morgan fingerprint density at radius 1 is 1.33 bits per heavy atom. The number of aryl methyl sites for hydroxylation is 2. The second-order valence-electron chi connectivity index (χ2n) is 5.32. The van der Waals surface area contributed by atoms with Gasteiger partial charge in [-0.3, -0.25) is 0 Å². The predicted octanol–water partition coefficient (Wildman–Crippen LogP) is 1.42. The van der Waals surface area contributed by atoms with E-state index in [2.05, 4.69) is 4.72 Å². The average Bonchev–Trinajstić information content (AvgIpc) is 2.71. The molecule has 1 saturated heterocycles. The van der Waals surface area contributed by atoms with Gasteiger partial charge in [0.1, 0.15) is 6.10 Å². The number of nitrogens with zero attached hydrogens (tertiary/aromatic N) is 1. The number of cyclic esters (lactones) is 1. The summed E-state index contributed by atoms with van der Waals surface area (Å²) in [5.41, 5.74) is 1.99. The molecule has 116 valence electrons. The Morgan fingerprint density at radius 2 is 2.05 bits per heavy atom. The van der Waals surface area contributed by atoms with Crippen molar-refractivity contribution in [2.24, 2.45) is 0 Å². The molecule has 0 aliphatic carbocycles. The lowest BCUT2D eigenvalue weighted by Crippen LogP contribution is -2.28. The molecular formula is C14H20N2O4S. The summed E-state index contributed by atoms with van der Waals surface area (Å²) in [7, 11) is -1.87. The van der Waals surface area contributed by atoms with Crippen LogP contribution in [-0.2, 0) is 14.8 Å². The van der Waals surface area contributed by atoms with E-state index in [0.29, 0.717) is 13.0 Å². The Balaban J connectivity index is 1.92. The molecule has 0 aromatic heterocycles. The lowest BCUT2D eigenvalue weighted by molar-refractivity contribution is 0.131. The number of carbonyl (C=O) groups is 1. The van der Waals surface area contributed by atoms with Crippen LogP contribution in [0.15, 0.2) is 23.1 Å². The summed E-state index contributed by atoms with van der Waals surface area (Å²) < 4.78 is 32.0. The number of hydrogen-bond donors (Lipinski definition) is 1. The summed E-state index contributed by atoms with van der Waals surface area (Å²) in [6.07, 6.45) is -0.165. The largest absolute Gasteiger partial charge is 0.444 e. The molecule has 1 unspecified atom stereocenters. The summed E-state index contributed by atoms with van der Waals surface area (Å²) in [6.45, 7) is 4.54. The first-order valence-electron chi connectivity index (χ1n) is 6.78. The number of ether oxygens (including phenoxy) is 1. The highest BCUT2D eigenvalue weighted by Crippen LogP contribution is 2.15. The van der Waals surface area contributed by atoms with Gasteiger partial charge in [-0.15, -0.1) is 0 Å². The average molecular weight is 312 g/mol. The van der Waals surface area contributed by atoms with E-state index in [1.807, 2.05) is 13.8 Å². The monoisotopic (exact) mass is 312 g/mol. The molecule has 1 aromatic rings. The number of amides is 1. The van der Waals surface area contributed by atoms with Crippen molar-refractivity contribution in [1.29, 1.82) is 0 Å². The second-order valence-corrected chi connectivity index (χ2v) is 7.09. The summed E-state index contributed by atoms with van der Waals surface area (Å²) in [6, 6.07) is 5.03. The Bertz CT molecular complexity index is 642. The molecule has 21 heavy (non-hydrogen) atoms. The van der Waals surface area contributed by atoms with Crippen molar-refractivity contribution >= 4 is 16.1 Å². The van der Waals surface area contributed by atoms with Crippen LogP contribution < -0.4 is 4.72 Å². The molecule has 1 fully saturated rings. The summed E-state index contributed by atoms with van der Waals surface area (Å²) in [4.78, 5) is 12.9. The third-order valence-corrected chi connectivity index (χ3v) is 5.06. The van der Waals surface area contributed by atoms with Crippen molar-refractivity contribution in [2.75, 3.05) is 20.1 Å². The lowest BCUT2D eigenvalue weighted by atomic mass is 10.1. The van der Waals surface area contributed by atoms with Crippen LogP contribution in [-0.4, -0.2) is 45.7 Å². The zero-order chi connectivity index (χ0) is 15.6. The molecule has 2 rings (SSSR count). The van der Waals surface area contributed by atoms with E-state index in [9.17, 15) is 13.2 Å². The normalized spacial score (nSPS) is 18.9. The highest BCUT2D eigenvalue weighted by atomic mass is 32.2. The van der Waals surface area contributed by atoms with Gasteiger partial charge in [0, 0.05) is 13.6 Å². The fourth-order valence-electron chi connectivity index (χ4n) is 2.12. The van der Waals surface area contributed by atoms with Crippen molar-refractivity contribution in [3.8, 4) is 0 Å². The molecule has 1 amide bonds. The first-order chi connectivity index (χ1) is 9.79. The molecule has 6 nitrogen and oxygen atoms in total. The molecule has 0 spiro atoms. The molecule has 1 N–H and O–H groups in total. The molecule has 0 saturated carbocycles. The van der Waals surface area contributed by atoms with Crippen molar-refractivity contribution in [3.63, 3.8) is 0 Å². The SMILES string of the molecule is Cc1ccc(S(=O)(=O)NCCC2CN(C)C(=O)O2)cc1C. The van der Waals surface area contributed by atoms with Gasteiger partial charge in [-0.2, -0.15) is 0 Å². The van der Waals surface area contributed by atoms with Gasteiger partial charge in [0.2, 0.25) is 10.0 Å². The van der Waals surface area contributed by atoms with Gasteiger partial charge in [-0.25, -0.2) is 17.9 Å². The minimum atomic E-state index is -3.52. The van der Waals surface area contributed by atoms with E-state index in [4.69, 9.17) is 4.74 Å². The molecule has 1 aromatic carbocycles. The van der Waals surface area contributed by atoms with E-state index in [0.717, 1.165) is 11.1 Å². The summed E-state index contributed by atoms with van der Waals surface area (Å²) in [5.74, 6) is 0. The Labute approximate surface area is 125 Å². The van der Waals surface area contributed by atoms with Crippen LogP contribution in [0.2, 0.25) is 0 Å².